The maximum absolute atomic E-state index is 13.8. The molecule has 0 amide bonds. The zero-order valence-electron chi connectivity index (χ0n) is 10.2. The minimum atomic E-state index is -1.10. The van der Waals surface area contributed by atoms with E-state index in [4.69, 9.17) is 5.11 Å². The summed E-state index contributed by atoms with van der Waals surface area (Å²) in [6, 6.07) is 1.34. The molecule has 0 saturated heterocycles. The number of aromatic carboxylic acids is 1. The van der Waals surface area contributed by atoms with E-state index in [0.717, 1.165) is 0 Å². The van der Waals surface area contributed by atoms with Crippen LogP contribution in [0.15, 0.2) is 12.3 Å². The third-order valence-electron chi connectivity index (χ3n) is 2.69. The first-order valence-electron chi connectivity index (χ1n) is 5.31. The SMILES string of the molecule is Cc1cnc(-c2nn(C)c(C(=O)O)c2C)c(F)c1. The van der Waals surface area contributed by atoms with Gasteiger partial charge in [0.05, 0.1) is 0 Å². The molecule has 2 aromatic rings. The Kier molecular flexibility index (Phi) is 2.86. The Bertz CT molecular complexity index is 634. The number of pyridine rings is 1. The van der Waals surface area contributed by atoms with Crippen molar-refractivity contribution >= 4 is 5.97 Å². The van der Waals surface area contributed by atoms with E-state index < -0.39 is 11.8 Å². The van der Waals surface area contributed by atoms with Crippen LogP contribution in [0.3, 0.4) is 0 Å². The second kappa shape index (κ2) is 4.21. The number of hydrogen-bond donors (Lipinski definition) is 1. The average molecular weight is 249 g/mol. The average Bonchev–Trinajstić information content (AvgIpc) is 2.54. The van der Waals surface area contributed by atoms with Crippen LogP contribution in [0.2, 0.25) is 0 Å². The summed E-state index contributed by atoms with van der Waals surface area (Å²) in [7, 11) is 1.51. The highest BCUT2D eigenvalue weighted by Crippen LogP contribution is 2.25. The normalized spacial score (nSPS) is 10.7. The minimum Gasteiger partial charge on any atom is -0.477 e. The van der Waals surface area contributed by atoms with E-state index in [-0.39, 0.29) is 17.1 Å². The van der Waals surface area contributed by atoms with Gasteiger partial charge < -0.3 is 5.11 Å². The molecule has 0 radical (unpaired) electrons. The van der Waals surface area contributed by atoms with Crippen LogP contribution in [-0.2, 0) is 7.05 Å². The Morgan fingerprint density at radius 2 is 2.06 bits per heavy atom. The molecule has 0 aromatic carbocycles. The third-order valence-corrected chi connectivity index (χ3v) is 2.69. The number of halogens is 1. The molecule has 2 rings (SSSR count). The highest BCUT2D eigenvalue weighted by atomic mass is 19.1. The summed E-state index contributed by atoms with van der Waals surface area (Å²) in [4.78, 5) is 15.0. The standard InChI is InChI=1S/C12H12FN3O2/c1-6-4-8(13)10(14-5-6)9-7(2)11(12(17)18)16(3)15-9/h4-5H,1-3H3,(H,17,18). The Labute approximate surface area is 103 Å². The molecule has 94 valence electrons. The topological polar surface area (TPSA) is 68.0 Å². The molecule has 6 heteroatoms. The molecule has 0 fully saturated rings. The lowest BCUT2D eigenvalue weighted by molar-refractivity contribution is 0.0684. The molecule has 0 atom stereocenters. The summed E-state index contributed by atoms with van der Waals surface area (Å²) >= 11 is 0. The number of carboxylic acid groups (broad SMARTS) is 1. The van der Waals surface area contributed by atoms with Gasteiger partial charge in [-0.25, -0.2) is 9.18 Å². The Morgan fingerprint density at radius 3 is 2.56 bits per heavy atom. The summed E-state index contributed by atoms with van der Waals surface area (Å²) in [5.41, 5.74) is 1.46. The molecule has 2 aromatic heterocycles. The molecule has 0 aliphatic carbocycles. The van der Waals surface area contributed by atoms with E-state index in [1.54, 1.807) is 13.8 Å². The lowest BCUT2D eigenvalue weighted by Crippen LogP contribution is -2.06. The van der Waals surface area contributed by atoms with Crippen LogP contribution in [-0.4, -0.2) is 25.8 Å². The quantitative estimate of drug-likeness (QED) is 0.883. The molecular formula is C12H12FN3O2. The van der Waals surface area contributed by atoms with Gasteiger partial charge in [-0.1, -0.05) is 0 Å². The van der Waals surface area contributed by atoms with Crippen LogP contribution < -0.4 is 0 Å². The minimum absolute atomic E-state index is 0.0341. The molecule has 0 saturated carbocycles. The summed E-state index contributed by atoms with van der Waals surface area (Å²) in [5, 5.41) is 13.1. The molecule has 2 heterocycles. The summed E-state index contributed by atoms with van der Waals surface area (Å²) < 4.78 is 15.0. The maximum atomic E-state index is 13.8. The van der Waals surface area contributed by atoms with Crippen LogP contribution >= 0.6 is 0 Å². The van der Waals surface area contributed by atoms with Crippen molar-refractivity contribution in [2.45, 2.75) is 13.8 Å². The van der Waals surface area contributed by atoms with Crippen LogP contribution in [0, 0.1) is 19.7 Å². The van der Waals surface area contributed by atoms with E-state index in [1.807, 2.05) is 0 Å². The summed E-state index contributed by atoms with van der Waals surface area (Å²) in [5.74, 6) is -1.60. The summed E-state index contributed by atoms with van der Waals surface area (Å²) in [6.45, 7) is 3.32. The van der Waals surface area contributed by atoms with Crippen molar-refractivity contribution in [1.29, 1.82) is 0 Å². The van der Waals surface area contributed by atoms with E-state index in [9.17, 15) is 9.18 Å². The van der Waals surface area contributed by atoms with Gasteiger partial charge in [-0.15, -0.1) is 0 Å². The Hall–Kier alpha value is -2.24. The van der Waals surface area contributed by atoms with Crippen molar-refractivity contribution in [2.24, 2.45) is 7.05 Å². The van der Waals surface area contributed by atoms with Gasteiger partial charge in [-0.05, 0) is 25.5 Å². The van der Waals surface area contributed by atoms with Crippen molar-refractivity contribution in [3.8, 4) is 11.4 Å². The molecule has 0 spiro atoms. The number of nitrogens with zero attached hydrogens (tertiary/aromatic N) is 3. The molecule has 5 nitrogen and oxygen atoms in total. The number of carboxylic acids is 1. The fourth-order valence-electron chi connectivity index (χ4n) is 1.86. The van der Waals surface area contributed by atoms with Gasteiger partial charge in [0, 0.05) is 18.8 Å². The lowest BCUT2D eigenvalue weighted by atomic mass is 10.1. The molecule has 1 N–H and O–H groups in total. The van der Waals surface area contributed by atoms with Gasteiger partial charge >= 0.3 is 5.97 Å². The molecule has 0 bridgehead atoms. The summed E-state index contributed by atoms with van der Waals surface area (Å²) in [6.07, 6.45) is 1.52. The van der Waals surface area contributed by atoms with Gasteiger partial charge in [-0.3, -0.25) is 9.67 Å². The molecule has 18 heavy (non-hydrogen) atoms. The Morgan fingerprint density at radius 1 is 1.39 bits per heavy atom. The van der Waals surface area contributed by atoms with E-state index in [1.165, 1.54) is 24.0 Å². The highest BCUT2D eigenvalue weighted by Gasteiger charge is 2.21. The largest absolute Gasteiger partial charge is 0.477 e. The van der Waals surface area contributed by atoms with Crippen LogP contribution in [0.1, 0.15) is 21.6 Å². The van der Waals surface area contributed by atoms with Gasteiger partial charge in [0.15, 0.2) is 5.82 Å². The van der Waals surface area contributed by atoms with Crippen molar-refractivity contribution < 1.29 is 14.3 Å². The number of hydrogen-bond acceptors (Lipinski definition) is 3. The fourth-order valence-corrected chi connectivity index (χ4v) is 1.86. The predicted molar refractivity (Wildman–Crippen MR) is 62.8 cm³/mol. The third kappa shape index (κ3) is 1.85. The van der Waals surface area contributed by atoms with Crippen molar-refractivity contribution in [2.75, 3.05) is 0 Å². The lowest BCUT2D eigenvalue weighted by Gasteiger charge is -2.01. The van der Waals surface area contributed by atoms with Gasteiger partial charge in [0.25, 0.3) is 0 Å². The van der Waals surface area contributed by atoms with Gasteiger partial charge in [-0.2, -0.15) is 5.10 Å². The van der Waals surface area contributed by atoms with E-state index >= 15 is 0 Å². The van der Waals surface area contributed by atoms with Crippen molar-refractivity contribution in [1.82, 2.24) is 14.8 Å². The van der Waals surface area contributed by atoms with Crippen LogP contribution in [0.4, 0.5) is 4.39 Å². The number of aryl methyl sites for hydroxylation is 2. The van der Waals surface area contributed by atoms with Crippen LogP contribution in [0.25, 0.3) is 11.4 Å². The number of carbonyl (C=O) groups is 1. The smallest absolute Gasteiger partial charge is 0.354 e. The zero-order chi connectivity index (χ0) is 13.4. The first kappa shape index (κ1) is 12.2. The molecule has 0 unspecified atom stereocenters. The number of rotatable bonds is 2. The second-order valence-corrected chi connectivity index (χ2v) is 4.09. The van der Waals surface area contributed by atoms with Crippen molar-refractivity contribution in [3.05, 3.63) is 34.9 Å². The zero-order valence-corrected chi connectivity index (χ0v) is 10.2. The van der Waals surface area contributed by atoms with Crippen molar-refractivity contribution in [3.63, 3.8) is 0 Å². The molecular weight excluding hydrogens is 237 g/mol. The van der Waals surface area contributed by atoms with Gasteiger partial charge in [0.1, 0.15) is 17.1 Å². The fraction of sp³-hybridized carbons (Fsp3) is 0.250. The molecule has 0 aliphatic rings. The molecule has 0 aliphatic heterocycles. The maximum Gasteiger partial charge on any atom is 0.354 e. The second-order valence-electron chi connectivity index (χ2n) is 4.09. The first-order chi connectivity index (χ1) is 8.41. The van der Waals surface area contributed by atoms with E-state index in [0.29, 0.717) is 11.1 Å². The van der Waals surface area contributed by atoms with E-state index in [2.05, 4.69) is 10.1 Å². The number of aromatic nitrogens is 3. The van der Waals surface area contributed by atoms with Crippen LogP contribution in [0.5, 0.6) is 0 Å². The predicted octanol–water partition coefficient (Wildman–Crippen LogP) is 1.94. The monoisotopic (exact) mass is 249 g/mol. The van der Waals surface area contributed by atoms with Gasteiger partial charge in [0.2, 0.25) is 0 Å². The first-order valence-corrected chi connectivity index (χ1v) is 5.31. The highest BCUT2D eigenvalue weighted by molar-refractivity contribution is 5.89. The Balaban J connectivity index is 2.65.